The number of piperazine rings is 1. The Bertz CT molecular complexity index is 1180. The topological polar surface area (TPSA) is 69.7 Å². The average Bonchev–Trinajstić information content (AvgIpc) is 2.80. The lowest BCUT2D eigenvalue weighted by molar-refractivity contribution is 0.0747. The summed E-state index contributed by atoms with van der Waals surface area (Å²) in [5, 5.41) is 0. The molecule has 1 aliphatic rings. The van der Waals surface area contributed by atoms with E-state index in [2.05, 4.69) is 9.62 Å². The Morgan fingerprint density at radius 3 is 1.84 bits per heavy atom. The molecule has 1 amide bonds. The van der Waals surface area contributed by atoms with Gasteiger partial charge in [-0.3, -0.25) is 9.52 Å². The van der Waals surface area contributed by atoms with E-state index in [0.29, 0.717) is 24.3 Å². The molecule has 0 radical (unpaired) electrons. The van der Waals surface area contributed by atoms with Crippen molar-refractivity contribution in [2.45, 2.75) is 18.7 Å². The smallest absolute Gasteiger partial charge is 0.261 e. The van der Waals surface area contributed by atoms with Crippen molar-refractivity contribution >= 4 is 27.3 Å². The molecule has 7 heteroatoms. The highest BCUT2D eigenvalue weighted by molar-refractivity contribution is 7.92. The van der Waals surface area contributed by atoms with E-state index < -0.39 is 10.0 Å². The molecule has 1 heterocycles. The molecular formula is C25H27N3O3S. The molecule has 0 saturated carbocycles. The minimum absolute atomic E-state index is 0.0607. The van der Waals surface area contributed by atoms with Crippen molar-refractivity contribution in [3.63, 3.8) is 0 Å². The van der Waals surface area contributed by atoms with Crippen molar-refractivity contribution in [3.8, 4) is 0 Å². The van der Waals surface area contributed by atoms with E-state index in [4.69, 9.17) is 0 Å². The fraction of sp³-hybridized carbons (Fsp3) is 0.240. The number of hydrogen-bond acceptors (Lipinski definition) is 4. The van der Waals surface area contributed by atoms with Crippen molar-refractivity contribution < 1.29 is 13.2 Å². The maximum absolute atomic E-state index is 12.7. The molecule has 1 fully saturated rings. The van der Waals surface area contributed by atoms with E-state index in [1.54, 1.807) is 36.4 Å². The Labute approximate surface area is 189 Å². The van der Waals surface area contributed by atoms with Gasteiger partial charge in [0, 0.05) is 43.1 Å². The summed E-state index contributed by atoms with van der Waals surface area (Å²) in [6.07, 6.45) is 0. The predicted octanol–water partition coefficient (Wildman–Crippen LogP) is 4.07. The summed E-state index contributed by atoms with van der Waals surface area (Å²) in [5.74, 6) is 0.0607. The second-order valence-corrected chi connectivity index (χ2v) is 9.79. The fourth-order valence-corrected chi connectivity index (χ4v) is 4.78. The average molecular weight is 450 g/mol. The van der Waals surface area contributed by atoms with E-state index in [1.807, 2.05) is 55.1 Å². The van der Waals surface area contributed by atoms with Gasteiger partial charge in [0.25, 0.3) is 15.9 Å². The molecule has 0 aliphatic carbocycles. The van der Waals surface area contributed by atoms with Crippen LogP contribution in [-0.4, -0.2) is 45.4 Å². The number of aryl methyl sites for hydroxylation is 2. The summed E-state index contributed by atoms with van der Waals surface area (Å²) in [4.78, 5) is 17.0. The highest BCUT2D eigenvalue weighted by Gasteiger charge is 2.22. The number of carbonyl (C=O) groups is 1. The summed E-state index contributed by atoms with van der Waals surface area (Å²) in [5.41, 5.74) is 4.38. The van der Waals surface area contributed by atoms with Crippen LogP contribution in [0.1, 0.15) is 21.5 Å². The molecule has 0 aromatic heterocycles. The van der Waals surface area contributed by atoms with Gasteiger partial charge in [-0.2, -0.15) is 0 Å². The van der Waals surface area contributed by atoms with Crippen LogP contribution in [0.4, 0.5) is 11.4 Å². The summed E-state index contributed by atoms with van der Waals surface area (Å²) >= 11 is 0. The van der Waals surface area contributed by atoms with E-state index in [1.165, 1.54) is 0 Å². The van der Waals surface area contributed by atoms with Gasteiger partial charge in [-0.1, -0.05) is 35.4 Å². The number of amides is 1. The Morgan fingerprint density at radius 2 is 1.28 bits per heavy atom. The van der Waals surface area contributed by atoms with Crippen molar-refractivity contribution in [1.82, 2.24) is 4.90 Å². The number of carbonyl (C=O) groups excluding carboxylic acids is 1. The third-order valence-corrected chi connectivity index (χ3v) is 7.08. The molecule has 4 rings (SSSR count). The molecule has 1 saturated heterocycles. The minimum atomic E-state index is -3.62. The van der Waals surface area contributed by atoms with Gasteiger partial charge < -0.3 is 9.80 Å². The number of benzene rings is 3. The first-order valence-corrected chi connectivity index (χ1v) is 12.1. The van der Waals surface area contributed by atoms with Crippen molar-refractivity contribution in [3.05, 3.63) is 89.5 Å². The Hall–Kier alpha value is -3.32. The first-order chi connectivity index (χ1) is 15.3. The van der Waals surface area contributed by atoms with Crippen molar-refractivity contribution in [2.24, 2.45) is 0 Å². The van der Waals surface area contributed by atoms with Crippen LogP contribution in [0.25, 0.3) is 0 Å². The number of nitrogens with one attached hydrogen (secondary N) is 1. The van der Waals surface area contributed by atoms with Crippen LogP contribution in [0.15, 0.2) is 77.7 Å². The molecule has 1 aliphatic heterocycles. The van der Waals surface area contributed by atoms with Gasteiger partial charge in [0.05, 0.1) is 4.90 Å². The normalized spacial score (nSPS) is 14.3. The second kappa shape index (κ2) is 9.04. The standard InChI is InChI=1S/C25H27N3O3S/c1-19-3-7-21(8-4-19)25(29)28-17-15-27(16-18-28)23-11-9-22(10-12-23)26-32(30,31)24-13-5-20(2)6-14-24/h3-14,26H,15-18H2,1-2H3. The van der Waals surface area contributed by atoms with Crippen LogP contribution in [0.5, 0.6) is 0 Å². The van der Waals surface area contributed by atoms with Gasteiger partial charge in [0.2, 0.25) is 0 Å². The zero-order valence-electron chi connectivity index (χ0n) is 18.3. The molecule has 3 aromatic rings. The zero-order valence-corrected chi connectivity index (χ0v) is 19.1. The van der Waals surface area contributed by atoms with Gasteiger partial charge in [0.15, 0.2) is 0 Å². The van der Waals surface area contributed by atoms with E-state index in [9.17, 15) is 13.2 Å². The SMILES string of the molecule is Cc1ccc(C(=O)N2CCN(c3ccc(NS(=O)(=O)c4ccc(C)cc4)cc3)CC2)cc1. The molecule has 0 spiro atoms. The first-order valence-electron chi connectivity index (χ1n) is 10.6. The molecular weight excluding hydrogens is 422 g/mol. The van der Waals surface area contributed by atoms with Gasteiger partial charge in [-0.15, -0.1) is 0 Å². The van der Waals surface area contributed by atoms with Gasteiger partial charge >= 0.3 is 0 Å². The molecule has 6 nitrogen and oxygen atoms in total. The summed E-state index contributed by atoms with van der Waals surface area (Å²) in [6.45, 7) is 6.67. The second-order valence-electron chi connectivity index (χ2n) is 8.11. The largest absolute Gasteiger partial charge is 0.368 e. The van der Waals surface area contributed by atoms with Gasteiger partial charge in [-0.25, -0.2) is 8.42 Å². The maximum atomic E-state index is 12.7. The number of anilines is 2. The van der Waals surface area contributed by atoms with E-state index >= 15 is 0 Å². The van der Waals surface area contributed by atoms with Gasteiger partial charge in [-0.05, 0) is 62.4 Å². The van der Waals surface area contributed by atoms with Crippen LogP contribution in [-0.2, 0) is 10.0 Å². The predicted molar refractivity (Wildman–Crippen MR) is 128 cm³/mol. The lowest BCUT2D eigenvalue weighted by Gasteiger charge is -2.36. The Balaban J connectivity index is 1.36. The maximum Gasteiger partial charge on any atom is 0.261 e. The zero-order chi connectivity index (χ0) is 22.7. The molecule has 0 bridgehead atoms. The van der Waals surface area contributed by atoms with Crippen LogP contribution >= 0.6 is 0 Å². The van der Waals surface area contributed by atoms with Crippen LogP contribution in [0, 0.1) is 13.8 Å². The molecule has 0 unspecified atom stereocenters. The van der Waals surface area contributed by atoms with Crippen LogP contribution in [0.2, 0.25) is 0 Å². The Morgan fingerprint density at radius 1 is 0.750 bits per heavy atom. The highest BCUT2D eigenvalue weighted by atomic mass is 32.2. The lowest BCUT2D eigenvalue weighted by atomic mass is 10.1. The molecule has 32 heavy (non-hydrogen) atoms. The summed E-state index contributed by atoms with van der Waals surface area (Å²) in [6, 6.07) is 21.8. The number of rotatable bonds is 5. The number of nitrogens with zero attached hydrogens (tertiary/aromatic N) is 2. The Kier molecular flexibility index (Phi) is 6.19. The quantitative estimate of drug-likeness (QED) is 0.638. The highest BCUT2D eigenvalue weighted by Crippen LogP contribution is 2.22. The number of hydrogen-bond donors (Lipinski definition) is 1. The molecule has 3 aromatic carbocycles. The summed E-state index contributed by atoms with van der Waals surface area (Å²) in [7, 11) is -3.62. The summed E-state index contributed by atoms with van der Waals surface area (Å²) < 4.78 is 27.8. The first kappa shape index (κ1) is 21.9. The van der Waals surface area contributed by atoms with Gasteiger partial charge in [0.1, 0.15) is 0 Å². The molecule has 1 N–H and O–H groups in total. The van der Waals surface area contributed by atoms with E-state index in [-0.39, 0.29) is 10.8 Å². The lowest BCUT2D eigenvalue weighted by Crippen LogP contribution is -2.48. The van der Waals surface area contributed by atoms with Crippen LogP contribution in [0.3, 0.4) is 0 Å². The molecule has 0 atom stereocenters. The monoisotopic (exact) mass is 449 g/mol. The third kappa shape index (κ3) is 4.94. The van der Waals surface area contributed by atoms with Crippen molar-refractivity contribution in [2.75, 3.05) is 35.8 Å². The van der Waals surface area contributed by atoms with Crippen molar-refractivity contribution in [1.29, 1.82) is 0 Å². The third-order valence-electron chi connectivity index (χ3n) is 5.68. The van der Waals surface area contributed by atoms with Crippen LogP contribution < -0.4 is 9.62 Å². The molecule has 166 valence electrons. The van der Waals surface area contributed by atoms with E-state index in [0.717, 1.165) is 29.9 Å². The number of sulfonamides is 1. The fourth-order valence-electron chi connectivity index (χ4n) is 3.72. The minimum Gasteiger partial charge on any atom is -0.368 e.